The van der Waals surface area contributed by atoms with Gasteiger partial charge in [0, 0.05) is 13.1 Å². The molecule has 0 spiro atoms. The van der Waals surface area contributed by atoms with Crippen LogP contribution in [0, 0.1) is 11.8 Å². The van der Waals surface area contributed by atoms with E-state index in [0.717, 1.165) is 29.7 Å². The average molecular weight is 384 g/mol. The van der Waals surface area contributed by atoms with Crippen LogP contribution in [0.25, 0.3) is 0 Å². The van der Waals surface area contributed by atoms with E-state index in [9.17, 15) is 22.8 Å². The number of hydrogen-bond donors (Lipinski definition) is 2. The highest BCUT2D eigenvalue weighted by Crippen LogP contribution is 2.37. The number of hydrogen-bond acceptors (Lipinski definition) is 2. The number of rotatable bonds is 3. The molecule has 1 heterocycles. The maximum Gasteiger partial charge on any atom is 0.394 e. The summed E-state index contributed by atoms with van der Waals surface area (Å²) in [5, 5.41) is 11.8. The van der Waals surface area contributed by atoms with Gasteiger partial charge >= 0.3 is 18.2 Å². The number of nitrogens with zero attached hydrogens (tertiary/aromatic N) is 1. The number of nitrogens with one attached hydrogen (secondary N) is 1. The second-order valence-corrected chi connectivity index (χ2v) is 7.40. The highest BCUT2D eigenvalue weighted by Gasteiger charge is 2.53. The van der Waals surface area contributed by atoms with Crippen molar-refractivity contribution in [2.24, 2.45) is 11.8 Å². The molecule has 0 aromatic heterocycles. The van der Waals surface area contributed by atoms with Gasteiger partial charge in [0.15, 0.2) is 0 Å². The molecule has 27 heavy (non-hydrogen) atoms. The average Bonchev–Trinajstić information content (AvgIpc) is 3.07. The molecule has 1 aliphatic carbocycles. The van der Waals surface area contributed by atoms with E-state index in [1.165, 1.54) is 17.5 Å². The molecule has 0 saturated carbocycles. The molecule has 2 amide bonds. The van der Waals surface area contributed by atoms with E-state index >= 15 is 0 Å². The number of carboxylic acids is 1. The molecule has 0 radical (unpaired) electrons. The lowest BCUT2D eigenvalue weighted by molar-refractivity contribution is -0.187. The molecule has 1 fully saturated rings. The third-order valence-corrected chi connectivity index (χ3v) is 5.56. The number of carboxylic acid groups (broad SMARTS) is 1. The number of likely N-dealkylation sites (tertiary alicyclic amines) is 1. The number of halogens is 3. The molecule has 0 bridgehead atoms. The van der Waals surface area contributed by atoms with Crippen molar-refractivity contribution in [3.8, 4) is 0 Å². The van der Waals surface area contributed by atoms with Crippen LogP contribution in [0.5, 0.6) is 0 Å². The summed E-state index contributed by atoms with van der Waals surface area (Å²) in [5.41, 5.74) is 3.45. The van der Waals surface area contributed by atoms with Crippen LogP contribution in [0.4, 0.5) is 18.0 Å². The van der Waals surface area contributed by atoms with Crippen LogP contribution in [0.3, 0.4) is 0 Å². The van der Waals surface area contributed by atoms with E-state index < -0.39 is 43.1 Å². The summed E-state index contributed by atoms with van der Waals surface area (Å²) in [6.07, 6.45) is -0.329. The predicted octanol–water partition coefficient (Wildman–Crippen LogP) is 3.53. The number of carbonyl (C=O) groups excluding carboxylic acids is 1. The summed E-state index contributed by atoms with van der Waals surface area (Å²) < 4.78 is 39.2. The minimum absolute atomic E-state index is 0.377. The molecule has 2 N–H and O–H groups in total. The molecule has 1 aliphatic heterocycles. The molecule has 1 aromatic carbocycles. The first kappa shape index (κ1) is 19.5. The van der Waals surface area contributed by atoms with Gasteiger partial charge in [-0.1, -0.05) is 18.2 Å². The van der Waals surface area contributed by atoms with Gasteiger partial charge in [0.05, 0.1) is 17.9 Å². The van der Waals surface area contributed by atoms with Gasteiger partial charge in [0.2, 0.25) is 0 Å². The van der Waals surface area contributed by atoms with Crippen molar-refractivity contribution in [2.45, 2.75) is 44.8 Å². The third-order valence-electron chi connectivity index (χ3n) is 5.56. The maximum absolute atomic E-state index is 13.1. The van der Waals surface area contributed by atoms with Crippen LogP contribution in [0.1, 0.15) is 42.5 Å². The molecule has 3 rings (SSSR count). The number of alkyl halides is 3. The maximum atomic E-state index is 13.1. The van der Waals surface area contributed by atoms with E-state index in [0.29, 0.717) is 0 Å². The number of urea groups is 1. The van der Waals surface area contributed by atoms with Crippen LogP contribution < -0.4 is 5.32 Å². The van der Waals surface area contributed by atoms with Crippen LogP contribution in [0.2, 0.25) is 0 Å². The Labute approximate surface area is 155 Å². The van der Waals surface area contributed by atoms with Gasteiger partial charge in [0.1, 0.15) is 0 Å². The summed E-state index contributed by atoms with van der Waals surface area (Å²) in [5.74, 6) is -5.20. The Morgan fingerprint density at radius 2 is 1.85 bits per heavy atom. The molecule has 5 nitrogen and oxygen atoms in total. The van der Waals surface area contributed by atoms with Gasteiger partial charge in [-0.05, 0) is 49.3 Å². The second kappa shape index (κ2) is 7.40. The number of amides is 2. The third kappa shape index (κ3) is 4.20. The summed E-state index contributed by atoms with van der Waals surface area (Å²) >= 11 is 0. The Kier molecular flexibility index (Phi) is 5.35. The van der Waals surface area contributed by atoms with Gasteiger partial charge in [-0.25, -0.2) is 4.79 Å². The van der Waals surface area contributed by atoms with E-state index in [1.54, 1.807) is 6.92 Å². The van der Waals surface area contributed by atoms with Crippen molar-refractivity contribution in [3.05, 3.63) is 34.9 Å². The lowest BCUT2D eigenvalue weighted by atomic mass is 9.89. The molecule has 148 valence electrons. The monoisotopic (exact) mass is 384 g/mol. The van der Waals surface area contributed by atoms with Crippen molar-refractivity contribution >= 4 is 12.0 Å². The Bertz CT molecular complexity index is 735. The molecular formula is C19H23F3N2O3. The Hall–Kier alpha value is -2.25. The topological polar surface area (TPSA) is 69.6 Å². The smallest absolute Gasteiger partial charge is 0.394 e. The van der Waals surface area contributed by atoms with Crippen molar-refractivity contribution in [3.63, 3.8) is 0 Å². The Balaban J connectivity index is 1.67. The van der Waals surface area contributed by atoms with E-state index in [2.05, 4.69) is 5.32 Å². The van der Waals surface area contributed by atoms with Crippen molar-refractivity contribution in [1.82, 2.24) is 10.2 Å². The van der Waals surface area contributed by atoms with Gasteiger partial charge in [-0.3, -0.25) is 4.79 Å². The van der Waals surface area contributed by atoms with Crippen LogP contribution in [0.15, 0.2) is 18.2 Å². The largest absolute Gasteiger partial charge is 0.481 e. The molecule has 1 saturated heterocycles. The standard InChI is InChI=1S/C19H23F3N2O3/c1-11(13-7-6-12-4-2-3-5-14(12)8-13)23-18(27)24-9-15(17(25)26)16(10-24)19(20,21)22/h6-8,11,15-16H,2-5,9-10H2,1H3,(H,23,27)(H,25,26)/t11-,15+,16+/m0/s1. The molecule has 3 atom stereocenters. The van der Waals surface area contributed by atoms with Crippen molar-refractivity contribution in [1.29, 1.82) is 0 Å². The quantitative estimate of drug-likeness (QED) is 0.838. The molecule has 0 unspecified atom stereocenters. The fraction of sp³-hybridized carbons (Fsp3) is 0.579. The van der Waals surface area contributed by atoms with E-state index in [1.807, 2.05) is 18.2 Å². The zero-order chi connectivity index (χ0) is 19.8. The van der Waals surface area contributed by atoms with Gasteiger partial charge < -0.3 is 15.3 Å². The SMILES string of the molecule is C[C@H](NC(=O)N1C[C@@H](C(F)(F)F)[C@H](C(=O)O)C1)c1ccc2c(c1)CCCC2. The van der Waals surface area contributed by atoms with Gasteiger partial charge in [-0.2, -0.15) is 13.2 Å². The van der Waals surface area contributed by atoms with Crippen LogP contribution >= 0.6 is 0 Å². The minimum Gasteiger partial charge on any atom is -0.481 e. The summed E-state index contributed by atoms with van der Waals surface area (Å²) in [4.78, 5) is 24.5. The highest BCUT2D eigenvalue weighted by molar-refractivity contribution is 5.78. The summed E-state index contributed by atoms with van der Waals surface area (Å²) in [6, 6.07) is 4.97. The number of benzene rings is 1. The molecular weight excluding hydrogens is 361 g/mol. The predicted molar refractivity (Wildman–Crippen MR) is 92.3 cm³/mol. The van der Waals surface area contributed by atoms with Crippen LogP contribution in [-0.4, -0.2) is 41.3 Å². The number of fused-ring (bicyclic) bond motifs is 1. The fourth-order valence-corrected chi connectivity index (χ4v) is 3.93. The fourth-order valence-electron chi connectivity index (χ4n) is 3.93. The first-order valence-electron chi connectivity index (χ1n) is 9.13. The van der Waals surface area contributed by atoms with E-state index in [-0.39, 0.29) is 6.04 Å². The van der Waals surface area contributed by atoms with Crippen molar-refractivity contribution < 1.29 is 27.9 Å². The first-order chi connectivity index (χ1) is 12.7. The second-order valence-electron chi connectivity index (χ2n) is 7.40. The molecule has 8 heteroatoms. The lowest BCUT2D eigenvalue weighted by Crippen LogP contribution is -2.40. The number of aliphatic carboxylic acids is 1. The summed E-state index contributed by atoms with van der Waals surface area (Å²) in [7, 11) is 0. The normalized spacial score (nSPS) is 23.6. The zero-order valence-electron chi connectivity index (χ0n) is 15.1. The van der Waals surface area contributed by atoms with Gasteiger partial charge in [0.25, 0.3) is 0 Å². The van der Waals surface area contributed by atoms with Gasteiger partial charge in [-0.15, -0.1) is 0 Å². The lowest BCUT2D eigenvalue weighted by Gasteiger charge is -2.23. The Morgan fingerprint density at radius 1 is 1.19 bits per heavy atom. The first-order valence-corrected chi connectivity index (χ1v) is 9.13. The minimum atomic E-state index is -4.65. The van der Waals surface area contributed by atoms with Crippen molar-refractivity contribution in [2.75, 3.05) is 13.1 Å². The number of carbonyl (C=O) groups is 2. The Morgan fingerprint density at radius 3 is 2.44 bits per heavy atom. The highest BCUT2D eigenvalue weighted by atomic mass is 19.4. The zero-order valence-corrected chi connectivity index (χ0v) is 15.1. The number of aryl methyl sites for hydroxylation is 2. The summed E-state index contributed by atoms with van der Waals surface area (Å²) in [6.45, 7) is 0.694. The van der Waals surface area contributed by atoms with Crippen LogP contribution in [-0.2, 0) is 17.6 Å². The van der Waals surface area contributed by atoms with E-state index in [4.69, 9.17) is 5.11 Å². The molecule has 1 aromatic rings. The molecule has 2 aliphatic rings.